The lowest BCUT2D eigenvalue weighted by Gasteiger charge is -2.11. The van der Waals surface area contributed by atoms with Crippen LogP contribution in [0, 0.1) is 0 Å². The van der Waals surface area contributed by atoms with Crippen molar-refractivity contribution in [2.45, 2.75) is 19.8 Å². The lowest BCUT2D eigenvalue weighted by atomic mass is 10.0. The summed E-state index contributed by atoms with van der Waals surface area (Å²) in [7, 11) is 3.20. The monoisotopic (exact) mass is 365 g/mol. The highest BCUT2D eigenvalue weighted by atomic mass is 16.5. The Balaban J connectivity index is 1.73. The molecule has 7 heteroatoms. The van der Waals surface area contributed by atoms with E-state index in [-0.39, 0.29) is 0 Å². The van der Waals surface area contributed by atoms with Gasteiger partial charge in [-0.3, -0.25) is 0 Å². The number of nitrogens with one attached hydrogen (secondary N) is 2. The molecule has 0 bridgehead atoms. The number of anilines is 4. The summed E-state index contributed by atoms with van der Waals surface area (Å²) < 4.78 is 10.6. The number of ether oxygens (including phenoxy) is 2. The van der Waals surface area contributed by atoms with E-state index in [1.54, 1.807) is 20.4 Å². The molecule has 1 heterocycles. The Labute approximate surface area is 158 Å². The topological polar surface area (TPSA) is 81.2 Å². The molecule has 3 aromatic rings. The highest BCUT2D eigenvalue weighted by Gasteiger charge is 2.07. The second-order valence-corrected chi connectivity index (χ2v) is 6.26. The van der Waals surface area contributed by atoms with Crippen LogP contribution in [0.2, 0.25) is 0 Å². The second-order valence-electron chi connectivity index (χ2n) is 6.26. The average molecular weight is 365 g/mol. The van der Waals surface area contributed by atoms with Crippen molar-refractivity contribution < 1.29 is 9.47 Å². The zero-order valence-corrected chi connectivity index (χ0v) is 15.9. The number of rotatable bonds is 7. The molecule has 2 aromatic carbocycles. The zero-order valence-electron chi connectivity index (χ0n) is 15.9. The lowest BCUT2D eigenvalue weighted by molar-refractivity contribution is 0.355. The van der Waals surface area contributed by atoms with Gasteiger partial charge in [-0.05, 0) is 35.7 Å². The molecule has 0 unspecified atom stereocenters. The van der Waals surface area contributed by atoms with E-state index < -0.39 is 0 Å². The first-order chi connectivity index (χ1) is 13.1. The van der Waals surface area contributed by atoms with Gasteiger partial charge in [0.2, 0.25) is 5.95 Å². The molecule has 3 rings (SSSR count). The summed E-state index contributed by atoms with van der Waals surface area (Å²) in [4.78, 5) is 4.45. The summed E-state index contributed by atoms with van der Waals surface area (Å²) in [5, 5.41) is 14.4. The molecule has 0 aliphatic heterocycles. The molecule has 2 N–H and O–H groups in total. The molecule has 27 heavy (non-hydrogen) atoms. The van der Waals surface area contributed by atoms with Gasteiger partial charge in [0.1, 0.15) is 0 Å². The highest BCUT2D eigenvalue weighted by molar-refractivity contribution is 5.62. The maximum atomic E-state index is 5.32. The van der Waals surface area contributed by atoms with E-state index >= 15 is 0 Å². The second kappa shape index (κ2) is 8.35. The first kappa shape index (κ1) is 18.4. The maximum absolute atomic E-state index is 5.32. The van der Waals surface area contributed by atoms with Crippen LogP contribution < -0.4 is 20.1 Å². The number of methoxy groups -OCH3 is 2. The largest absolute Gasteiger partial charge is 0.493 e. The number of hydrogen-bond donors (Lipinski definition) is 2. The molecule has 0 fully saturated rings. The summed E-state index contributed by atoms with van der Waals surface area (Å²) in [6, 6.07) is 13.7. The third-order valence-electron chi connectivity index (χ3n) is 4.05. The quantitative estimate of drug-likeness (QED) is 0.638. The number of aromatic nitrogens is 3. The third-order valence-corrected chi connectivity index (χ3v) is 4.05. The Bertz CT molecular complexity index is 897. The molecule has 0 amide bonds. The molecule has 0 atom stereocenters. The fourth-order valence-electron chi connectivity index (χ4n) is 2.56. The van der Waals surface area contributed by atoms with Crippen LogP contribution >= 0.6 is 0 Å². The minimum atomic E-state index is 0.415. The number of benzene rings is 2. The molecule has 0 aliphatic carbocycles. The zero-order chi connectivity index (χ0) is 19.2. The fourth-order valence-corrected chi connectivity index (χ4v) is 2.56. The van der Waals surface area contributed by atoms with Crippen molar-refractivity contribution in [2.75, 3.05) is 24.9 Å². The van der Waals surface area contributed by atoms with E-state index in [0.717, 1.165) is 11.4 Å². The first-order valence-electron chi connectivity index (χ1n) is 8.65. The van der Waals surface area contributed by atoms with Gasteiger partial charge in [0, 0.05) is 17.4 Å². The van der Waals surface area contributed by atoms with E-state index in [9.17, 15) is 0 Å². The van der Waals surface area contributed by atoms with Crippen LogP contribution in [0.3, 0.4) is 0 Å². The van der Waals surface area contributed by atoms with Crippen molar-refractivity contribution in [2.24, 2.45) is 0 Å². The average Bonchev–Trinajstić information content (AvgIpc) is 2.68. The molecule has 0 radical (unpaired) electrons. The summed E-state index contributed by atoms with van der Waals surface area (Å²) >= 11 is 0. The Morgan fingerprint density at radius 3 is 2.22 bits per heavy atom. The number of hydrogen-bond acceptors (Lipinski definition) is 7. The number of nitrogens with zero attached hydrogens (tertiary/aromatic N) is 3. The van der Waals surface area contributed by atoms with Gasteiger partial charge in [0.15, 0.2) is 17.3 Å². The summed E-state index contributed by atoms with van der Waals surface area (Å²) in [6.07, 6.45) is 1.56. The van der Waals surface area contributed by atoms with Crippen molar-refractivity contribution in [3.63, 3.8) is 0 Å². The Hall–Kier alpha value is -3.35. The van der Waals surface area contributed by atoms with Crippen molar-refractivity contribution in [1.29, 1.82) is 0 Å². The van der Waals surface area contributed by atoms with Crippen LogP contribution in [0.4, 0.5) is 23.1 Å². The first-order valence-corrected chi connectivity index (χ1v) is 8.65. The van der Waals surface area contributed by atoms with Gasteiger partial charge in [-0.25, -0.2) is 0 Å². The Kier molecular flexibility index (Phi) is 5.71. The molecule has 7 nitrogen and oxygen atoms in total. The Morgan fingerprint density at radius 2 is 1.56 bits per heavy atom. The van der Waals surface area contributed by atoms with E-state index in [0.29, 0.717) is 29.2 Å². The van der Waals surface area contributed by atoms with Crippen molar-refractivity contribution in [3.8, 4) is 11.5 Å². The van der Waals surface area contributed by atoms with Crippen LogP contribution in [-0.4, -0.2) is 29.4 Å². The van der Waals surface area contributed by atoms with E-state index in [1.807, 2.05) is 30.3 Å². The van der Waals surface area contributed by atoms with Gasteiger partial charge < -0.3 is 20.1 Å². The molecule has 0 saturated carbocycles. The van der Waals surface area contributed by atoms with Crippen LogP contribution in [0.5, 0.6) is 11.5 Å². The maximum Gasteiger partial charge on any atom is 0.249 e. The van der Waals surface area contributed by atoms with E-state index in [2.05, 4.69) is 51.8 Å². The fraction of sp³-hybridized carbons (Fsp3) is 0.250. The highest BCUT2D eigenvalue weighted by Crippen LogP contribution is 2.30. The summed E-state index contributed by atoms with van der Waals surface area (Å²) in [5.41, 5.74) is 2.99. The summed E-state index contributed by atoms with van der Waals surface area (Å²) in [6.45, 7) is 4.33. The molecular formula is C20H23N5O2. The molecule has 1 aromatic heterocycles. The molecule has 140 valence electrons. The van der Waals surface area contributed by atoms with Crippen LogP contribution in [0.1, 0.15) is 25.3 Å². The molecule has 0 saturated heterocycles. The minimum absolute atomic E-state index is 0.415. The molecule has 0 aliphatic rings. The van der Waals surface area contributed by atoms with Gasteiger partial charge >= 0.3 is 0 Å². The van der Waals surface area contributed by atoms with E-state index in [4.69, 9.17) is 9.47 Å². The van der Waals surface area contributed by atoms with Gasteiger partial charge in [0.05, 0.1) is 20.4 Å². The van der Waals surface area contributed by atoms with Crippen LogP contribution in [0.15, 0.2) is 48.7 Å². The van der Waals surface area contributed by atoms with Gasteiger partial charge in [-0.1, -0.05) is 26.0 Å². The predicted molar refractivity (Wildman–Crippen MR) is 106 cm³/mol. The SMILES string of the molecule is COc1ccc(Nc2cnnc(Nc3ccc(C(C)C)cc3)n2)cc1OC. The van der Waals surface area contributed by atoms with Crippen LogP contribution in [-0.2, 0) is 0 Å². The predicted octanol–water partition coefficient (Wildman–Crippen LogP) is 4.50. The van der Waals surface area contributed by atoms with Crippen LogP contribution in [0.25, 0.3) is 0 Å². The van der Waals surface area contributed by atoms with Crippen molar-refractivity contribution in [3.05, 3.63) is 54.2 Å². The van der Waals surface area contributed by atoms with Gasteiger partial charge in [-0.2, -0.15) is 10.1 Å². The minimum Gasteiger partial charge on any atom is -0.493 e. The molecular weight excluding hydrogens is 342 g/mol. The molecule has 0 spiro atoms. The normalized spacial score (nSPS) is 10.6. The van der Waals surface area contributed by atoms with Gasteiger partial charge in [0.25, 0.3) is 0 Å². The van der Waals surface area contributed by atoms with Crippen molar-refractivity contribution in [1.82, 2.24) is 15.2 Å². The standard InChI is InChI=1S/C20H23N5O2/c1-13(2)14-5-7-15(8-6-14)23-20-24-19(12-21-25-20)22-16-9-10-17(26-3)18(11-16)27-4/h5-13H,1-4H3,(H2,22,23,24,25). The van der Waals surface area contributed by atoms with Gasteiger partial charge in [-0.15, -0.1) is 5.10 Å². The summed E-state index contributed by atoms with van der Waals surface area (Å²) in [5.74, 6) is 2.77. The lowest BCUT2D eigenvalue weighted by Crippen LogP contribution is -2.02. The van der Waals surface area contributed by atoms with E-state index in [1.165, 1.54) is 5.56 Å². The van der Waals surface area contributed by atoms with Crippen molar-refractivity contribution >= 4 is 23.1 Å². The Morgan fingerprint density at radius 1 is 0.852 bits per heavy atom. The third kappa shape index (κ3) is 4.63. The smallest absolute Gasteiger partial charge is 0.249 e.